The summed E-state index contributed by atoms with van der Waals surface area (Å²) < 4.78 is 58.4. The smallest absolute Gasteiger partial charge is 0.284 e. The van der Waals surface area contributed by atoms with Gasteiger partial charge in [0, 0.05) is 17.3 Å². The Morgan fingerprint density at radius 1 is 1.07 bits per heavy atom. The predicted octanol–water partition coefficient (Wildman–Crippen LogP) is 5.94. The summed E-state index contributed by atoms with van der Waals surface area (Å²) in [7, 11) is 0. The van der Waals surface area contributed by atoms with Crippen molar-refractivity contribution in [1.82, 2.24) is 9.97 Å². The summed E-state index contributed by atoms with van der Waals surface area (Å²) in [6.45, 7) is 6.06. The third-order valence-corrected chi connectivity index (χ3v) is 4.86. The van der Waals surface area contributed by atoms with Gasteiger partial charge in [-0.05, 0) is 43.5 Å². The first-order valence-corrected chi connectivity index (χ1v) is 9.62. The molecule has 2 N–H and O–H groups in total. The van der Waals surface area contributed by atoms with Gasteiger partial charge in [0.1, 0.15) is 23.7 Å². The molecule has 0 radical (unpaired) electrons. The average Bonchev–Trinajstić information content (AvgIpc) is 2.70. The van der Waals surface area contributed by atoms with Crippen molar-refractivity contribution in [3.05, 3.63) is 41.9 Å². The van der Waals surface area contributed by atoms with Gasteiger partial charge in [-0.15, -0.1) is 0 Å². The van der Waals surface area contributed by atoms with E-state index in [4.69, 9.17) is 10.5 Å². The number of aromatic nitrogens is 2. The molecule has 0 aliphatic carbocycles. The molecule has 2 aromatic rings. The van der Waals surface area contributed by atoms with Crippen LogP contribution in [0.1, 0.15) is 64.3 Å². The molecule has 0 aliphatic heterocycles. The molecule has 0 fully saturated rings. The SMILES string of the molecule is CCC(CC)CC(C)(N)COc1ccc(-c2ccnc(C(F)F)c2)nc1C(F)F. The fourth-order valence-electron chi connectivity index (χ4n) is 3.17. The molecule has 0 aliphatic rings. The van der Waals surface area contributed by atoms with E-state index < -0.39 is 29.8 Å². The van der Waals surface area contributed by atoms with Crippen molar-refractivity contribution in [2.24, 2.45) is 11.7 Å². The standard InChI is InChI=1S/C21H27F4N3O/c1-4-13(5-2)11-21(3,26)12-29-17-7-6-15(28-18(17)20(24)25)14-8-9-27-16(10-14)19(22)23/h6-10,13,19-20H,4-5,11-12,26H2,1-3H3. The number of hydrogen-bond acceptors (Lipinski definition) is 4. The van der Waals surface area contributed by atoms with Crippen LogP contribution in [0.2, 0.25) is 0 Å². The maximum absolute atomic E-state index is 13.6. The first-order valence-electron chi connectivity index (χ1n) is 9.62. The van der Waals surface area contributed by atoms with E-state index in [-0.39, 0.29) is 23.6 Å². The Balaban J connectivity index is 2.23. The summed E-state index contributed by atoms with van der Waals surface area (Å²) in [5.41, 5.74) is 5.06. The second kappa shape index (κ2) is 10.0. The number of nitrogens with two attached hydrogens (primary N) is 1. The first kappa shape index (κ1) is 23.1. The highest BCUT2D eigenvalue weighted by molar-refractivity contribution is 5.60. The van der Waals surface area contributed by atoms with E-state index in [2.05, 4.69) is 23.8 Å². The molecule has 0 saturated carbocycles. The number of alkyl halides is 4. The van der Waals surface area contributed by atoms with Crippen LogP contribution >= 0.6 is 0 Å². The Kier molecular flexibility index (Phi) is 7.96. The van der Waals surface area contributed by atoms with Crippen LogP contribution in [0.5, 0.6) is 5.75 Å². The number of pyridine rings is 2. The number of hydrogen-bond donors (Lipinski definition) is 1. The van der Waals surface area contributed by atoms with E-state index in [0.717, 1.165) is 18.9 Å². The number of halogens is 4. The van der Waals surface area contributed by atoms with E-state index in [1.165, 1.54) is 24.4 Å². The van der Waals surface area contributed by atoms with Crippen LogP contribution in [0.3, 0.4) is 0 Å². The van der Waals surface area contributed by atoms with Crippen LogP contribution in [-0.2, 0) is 0 Å². The first-order chi connectivity index (χ1) is 13.7. The zero-order chi connectivity index (χ0) is 21.6. The third-order valence-electron chi connectivity index (χ3n) is 4.86. The van der Waals surface area contributed by atoms with E-state index in [9.17, 15) is 17.6 Å². The largest absolute Gasteiger partial charge is 0.490 e. The summed E-state index contributed by atoms with van der Waals surface area (Å²) in [6, 6.07) is 5.41. The van der Waals surface area contributed by atoms with Gasteiger partial charge in [0.2, 0.25) is 0 Å². The van der Waals surface area contributed by atoms with E-state index in [0.29, 0.717) is 12.3 Å². The van der Waals surface area contributed by atoms with Gasteiger partial charge in [0.15, 0.2) is 0 Å². The van der Waals surface area contributed by atoms with Crippen LogP contribution in [0.4, 0.5) is 17.6 Å². The van der Waals surface area contributed by atoms with Crippen molar-refractivity contribution in [1.29, 1.82) is 0 Å². The van der Waals surface area contributed by atoms with E-state index in [1.54, 1.807) is 0 Å². The normalized spacial score (nSPS) is 13.9. The minimum Gasteiger partial charge on any atom is -0.490 e. The molecule has 2 rings (SSSR count). The highest BCUT2D eigenvalue weighted by Gasteiger charge is 2.25. The highest BCUT2D eigenvalue weighted by Crippen LogP contribution is 2.32. The molecular formula is C21H27F4N3O. The lowest BCUT2D eigenvalue weighted by Crippen LogP contribution is -2.44. The molecule has 0 saturated heterocycles. The van der Waals surface area contributed by atoms with Crippen LogP contribution in [-0.4, -0.2) is 22.1 Å². The molecule has 8 heteroatoms. The van der Waals surface area contributed by atoms with Gasteiger partial charge in [-0.25, -0.2) is 22.5 Å². The molecule has 0 bridgehead atoms. The molecule has 1 unspecified atom stereocenters. The molecule has 4 nitrogen and oxygen atoms in total. The average molecular weight is 413 g/mol. The van der Waals surface area contributed by atoms with Gasteiger partial charge >= 0.3 is 0 Å². The molecule has 1 atom stereocenters. The van der Waals surface area contributed by atoms with Crippen molar-refractivity contribution < 1.29 is 22.3 Å². The van der Waals surface area contributed by atoms with Crippen LogP contribution in [0.15, 0.2) is 30.5 Å². The summed E-state index contributed by atoms with van der Waals surface area (Å²) in [4.78, 5) is 7.52. The fraction of sp³-hybridized carbons (Fsp3) is 0.524. The van der Waals surface area contributed by atoms with Crippen molar-refractivity contribution >= 4 is 0 Å². The molecule has 29 heavy (non-hydrogen) atoms. The number of rotatable bonds is 10. The van der Waals surface area contributed by atoms with Crippen LogP contribution < -0.4 is 10.5 Å². The lowest BCUT2D eigenvalue weighted by atomic mass is 9.87. The second-order valence-corrected chi connectivity index (χ2v) is 7.48. The predicted molar refractivity (Wildman–Crippen MR) is 104 cm³/mol. The summed E-state index contributed by atoms with van der Waals surface area (Å²) >= 11 is 0. The van der Waals surface area contributed by atoms with Crippen LogP contribution in [0.25, 0.3) is 11.3 Å². The Hall–Kier alpha value is -2.22. The van der Waals surface area contributed by atoms with Gasteiger partial charge < -0.3 is 10.5 Å². The van der Waals surface area contributed by atoms with Crippen molar-refractivity contribution in [2.75, 3.05) is 6.61 Å². The molecular weight excluding hydrogens is 386 g/mol. The van der Waals surface area contributed by atoms with Crippen molar-refractivity contribution in [2.45, 2.75) is 58.4 Å². The van der Waals surface area contributed by atoms with Gasteiger partial charge in [0.25, 0.3) is 12.9 Å². The van der Waals surface area contributed by atoms with Crippen molar-refractivity contribution in [3.8, 4) is 17.0 Å². The maximum Gasteiger partial charge on any atom is 0.284 e. The maximum atomic E-state index is 13.6. The minimum atomic E-state index is -2.88. The summed E-state index contributed by atoms with van der Waals surface area (Å²) in [5.74, 6) is 0.368. The van der Waals surface area contributed by atoms with Gasteiger partial charge in [-0.2, -0.15) is 0 Å². The molecule has 0 aromatic carbocycles. The molecule has 2 aromatic heterocycles. The third kappa shape index (κ3) is 6.39. The summed E-state index contributed by atoms with van der Waals surface area (Å²) in [5, 5.41) is 0. The zero-order valence-electron chi connectivity index (χ0n) is 16.8. The Bertz CT molecular complexity index is 795. The van der Waals surface area contributed by atoms with E-state index >= 15 is 0 Å². The second-order valence-electron chi connectivity index (χ2n) is 7.48. The summed E-state index contributed by atoms with van der Waals surface area (Å²) in [6.07, 6.45) is -1.78. The Morgan fingerprint density at radius 3 is 2.34 bits per heavy atom. The Labute approximate surface area is 168 Å². The molecule has 2 heterocycles. The van der Waals surface area contributed by atoms with Crippen molar-refractivity contribution in [3.63, 3.8) is 0 Å². The van der Waals surface area contributed by atoms with Crippen LogP contribution in [0, 0.1) is 5.92 Å². The van der Waals surface area contributed by atoms with Gasteiger partial charge in [0.05, 0.1) is 5.69 Å². The quantitative estimate of drug-likeness (QED) is 0.490. The number of nitrogens with zero attached hydrogens (tertiary/aromatic N) is 2. The topological polar surface area (TPSA) is 61.0 Å². The molecule has 160 valence electrons. The molecule has 0 spiro atoms. The number of ether oxygens (including phenoxy) is 1. The minimum absolute atomic E-state index is 0.0619. The van der Waals surface area contributed by atoms with Gasteiger partial charge in [-0.3, -0.25) is 4.98 Å². The van der Waals surface area contributed by atoms with Gasteiger partial charge in [-0.1, -0.05) is 26.7 Å². The zero-order valence-corrected chi connectivity index (χ0v) is 16.8. The lowest BCUT2D eigenvalue weighted by molar-refractivity contribution is 0.133. The van der Waals surface area contributed by atoms with E-state index in [1.807, 2.05) is 6.92 Å². The lowest BCUT2D eigenvalue weighted by Gasteiger charge is -2.29. The molecule has 0 amide bonds. The monoisotopic (exact) mass is 413 g/mol. The highest BCUT2D eigenvalue weighted by atomic mass is 19.3. The Morgan fingerprint density at radius 2 is 1.76 bits per heavy atom. The fourth-order valence-corrected chi connectivity index (χ4v) is 3.17.